The smallest absolute Gasteiger partial charge is 0.261 e. The first-order valence-corrected chi connectivity index (χ1v) is 8.00. The number of piperidine rings is 1. The number of benzene rings is 1. The summed E-state index contributed by atoms with van der Waals surface area (Å²) in [5.41, 5.74) is 1.86. The van der Waals surface area contributed by atoms with E-state index in [9.17, 15) is 9.90 Å². The Balaban J connectivity index is 1.67. The molecule has 1 atom stereocenters. The number of rotatable bonds is 4. The zero-order chi connectivity index (χ0) is 15.5. The van der Waals surface area contributed by atoms with Gasteiger partial charge in [-0.3, -0.25) is 9.36 Å². The Morgan fingerprint density at radius 3 is 3.05 bits per heavy atom. The number of hydrogen-bond acceptors (Lipinski definition) is 4. The van der Waals surface area contributed by atoms with Gasteiger partial charge in [-0.05, 0) is 50.9 Å². The van der Waals surface area contributed by atoms with E-state index in [1.165, 1.54) is 0 Å². The molecule has 0 spiro atoms. The lowest BCUT2D eigenvalue weighted by Crippen LogP contribution is -2.39. The van der Waals surface area contributed by atoms with Crippen molar-refractivity contribution in [1.82, 2.24) is 14.5 Å². The van der Waals surface area contributed by atoms with Gasteiger partial charge in [0.05, 0.1) is 23.3 Å². The first kappa shape index (κ1) is 15.2. The first-order valence-electron chi connectivity index (χ1n) is 8.00. The average molecular weight is 301 g/mol. The first-order chi connectivity index (χ1) is 10.6. The fourth-order valence-corrected chi connectivity index (χ4v) is 3.20. The Labute approximate surface area is 130 Å². The highest BCUT2D eigenvalue weighted by atomic mass is 16.3. The highest BCUT2D eigenvalue weighted by molar-refractivity contribution is 5.80. The van der Waals surface area contributed by atoms with E-state index < -0.39 is 0 Å². The van der Waals surface area contributed by atoms with Crippen LogP contribution in [0, 0.1) is 6.92 Å². The van der Waals surface area contributed by atoms with E-state index in [1.54, 1.807) is 10.9 Å². The van der Waals surface area contributed by atoms with Gasteiger partial charge in [0, 0.05) is 13.1 Å². The van der Waals surface area contributed by atoms with E-state index in [-0.39, 0.29) is 11.7 Å². The van der Waals surface area contributed by atoms with Crippen LogP contribution in [0.15, 0.2) is 29.3 Å². The molecule has 1 N–H and O–H groups in total. The summed E-state index contributed by atoms with van der Waals surface area (Å²) in [6.07, 6.45) is 4.32. The van der Waals surface area contributed by atoms with Crippen LogP contribution in [-0.4, -0.2) is 45.3 Å². The molecule has 2 heterocycles. The van der Waals surface area contributed by atoms with Crippen LogP contribution >= 0.6 is 0 Å². The molecule has 1 aliphatic rings. The predicted molar refractivity (Wildman–Crippen MR) is 87.0 cm³/mol. The second-order valence-corrected chi connectivity index (χ2v) is 6.16. The number of para-hydroxylation sites is 1. The molecule has 2 aromatic rings. The zero-order valence-corrected chi connectivity index (χ0v) is 13.0. The van der Waals surface area contributed by atoms with Crippen LogP contribution < -0.4 is 5.56 Å². The third-order valence-corrected chi connectivity index (χ3v) is 4.41. The fraction of sp³-hybridized carbons (Fsp3) is 0.529. The molecule has 0 aliphatic carbocycles. The molecule has 0 radical (unpaired) electrons. The molecule has 1 aliphatic heterocycles. The van der Waals surface area contributed by atoms with Gasteiger partial charge in [-0.2, -0.15) is 0 Å². The van der Waals surface area contributed by atoms with Crippen molar-refractivity contribution in [1.29, 1.82) is 0 Å². The van der Waals surface area contributed by atoms with E-state index in [2.05, 4.69) is 9.88 Å². The summed E-state index contributed by atoms with van der Waals surface area (Å²) in [4.78, 5) is 19.2. The summed E-state index contributed by atoms with van der Waals surface area (Å²) < 4.78 is 1.70. The number of aryl methyl sites for hydroxylation is 2. The van der Waals surface area contributed by atoms with Crippen molar-refractivity contribution >= 4 is 10.9 Å². The number of aromatic nitrogens is 2. The Kier molecular flexibility index (Phi) is 4.55. The largest absolute Gasteiger partial charge is 0.392 e. The van der Waals surface area contributed by atoms with Crippen molar-refractivity contribution < 1.29 is 5.11 Å². The Morgan fingerprint density at radius 1 is 1.36 bits per heavy atom. The molecule has 1 saturated heterocycles. The van der Waals surface area contributed by atoms with Gasteiger partial charge in [-0.15, -0.1) is 0 Å². The van der Waals surface area contributed by atoms with Crippen LogP contribution in [0.4, 0.5) is 0 Å². The van der Waals surface area contributed by atoms with Crippen LogP contribution in [0.2, 0.25) is 0 Å². The Bertz CT molecular complexity index is 711. The molecule has 1 aromatic carbocycles. The molecular formula is C17H23N3O2. The van der Waals surface area contributed by atoms with Crippen molar-refractivity contribution in [3.8, 4) is 0 Å². The standard InChI is InChI=1S/C17H23N3O2/c1-13-5-2-7-15-16(13)18-12-20(17(15)22)10-4-9-19-8-3-6-14(21)11-19/h2,5,7,12,14,21H,3-4,6,8-11H2,1H3/t14-/m1/s1. The molecule has 0 bridgehead atoms. The minimum absolute atomic E-state index is 0.0346. The van der Waals surface area contributed by atoms with E-state index in [0.717, 1.165) is 50.0 Å². The minimum Gasteiger partial charge on any atom is -0.392 e. The van der Waals surface area contributed by atoms with Crippen molar-refractivity contribution in [3.63, 3.8) is 0 Å². The molecule has 1 fully saturated rings. The molecule has 0 amide bonds. The Hall–Kier alpha value is -1.72. The van der Waals surface area contributed by atoms with Crippen LogP contribution in [0.5, 0.6) is 0 Å². The van der Waals surface area contributed by atoms with Gasteiger partial charge in [0.15, 0.2) is 0 Å². The lowest BCUT2D eigenvalue weighted by Gasteiger charge is -2.29. The van der Waals surface area contributed by atoms with E-state index in [4.69, 9.17) is 0 Å². The van der Waals surface area contributed by atoms with E-state index >= 15 is 0 Å². The molecule has 5 heteroatoms. The van der Waals surface area contributed by atoms with E-state index in [1.807, 2.05) is 25.1 Å². The fourth-order valence-electron chi connectivity index (χ4n) is 3.20. The van der Waals surface area contributed by atoms with Crippen LogP contribution in [0.1, 0.15) is 24.8 Å². The van der Waals surface area contributed by atoms with Gasteiger partial charge >= 0.3 is 0 Å². The van der Waals surface area contributed by atoms with E-state index in [0.29, 0.717) is 11.9 Å². The number of β-amino-alcohol motifs (C(OH)–C–C–N with tert-alkyl or cyclic N) is 1. The maximum Gasteiger partial charge on any atom is 0.261 e. The molecular weight excluding hydrogens is 278 g/mol. The summed E-state index contributed by atoms with van der Waals surface area (Å²) >= 11 is 0. The summed E-state index contributed by atoms with van der Waals surface area (Å²) in [7, 11) is 0. The van der Waals surface area contributed by atoms with Crippen LogP contribution in [-0.2, 0) is 6.54 Å². The molecule has 0 saturated carbocycles. The number of hydrogen-bond donors (Lipinski definition) is 1. The highest BCUT2D eigenvalue weighted by Crippen LogP contribution is 2.12. The molecule has 5 nitrogen and oxygen atoms in total. The third kappa shape index (κ3) is 3.20. The highest BCUT2D eigenvalue weighted by Gasteiger charge is 2.16. The van der Waals surface area contributed by atoms with Gasteiger partial charge in [0.1, 0.15) is 0 Å². The second-order valence-electron chi connectivity index (χ2n) is 6.16. The number of aliphatic hydroxyl groups excluding tert-OH is 1. The zero-order valence-electron chi connectivity index (χ0n) is 13.0. The predicted octanol–water partition coefficient (Wildman–Crippen LogP) is 1.55. The lowest BCUT2D eigenvalue weighted by molar-refractivity contribution is 0.0695. The van der Waals surface area contributed by atoms with Crippen LogP contribution in [0.3, 0.4) is 0 Å². The topological polar surface area (TPSA) is 58.4 Å². The molecule has 3 rings (SSSR count). The number of likely N-dealkylation sites (tertiary alicyclic amines) is 1. The van der Waals surface area contributed by atoms with Crippen molar-refractivity contribution in [2.24, 2.45) is 0 Å². The minimum atomic E-state index is -0.193. The lowest BCUT2D eigenvalue weighted by atomic mass is 10.1. The average Bonchev–Trinajstić information content (AvgIpc) is 2.50. The Morgan fingerprint density at radius 2 is 2.23 bits per heavy atom. The normalized spacial score (nSPS) is 19.6. The summed E-state index contributed by atoms with van der Waals surface area (Å²) in [6.45, 7) is 5.35. The third-order valence-electron chi connectivity index (χ3n) is 4.41. The van der Waals surface area contributed by atoms with Crippen LogP contribution in [0.25, 0.3) is 10.9 Å². The number of nitrogens with zero attached hydrogens (tertiary/aromatic N) is 3. The summed E-state index contributed by atoms with van der Waals surface area (Å²) in [5.74, 6) is 0. The summed E-state index contributed by atoms with van der Waals surface area (Å²) in [6, 6.07) is 5.72. The number of aliphatic hydroxyl groups is 1. The van der Waals surface area contributed by atoms with Gasteiger partial charge in [0.25, 0.3) is 5.56 Å². The molecule has 22 heavy (non-hydrogen) atoms. The van der Waals surface area contributed by atoms with Crippen molar-refractivity contribution in [3.05, 3.63) is 40.4 Å². The van der Waals surface area contributed by atoms with Gasteiger partial charge in [-0.25, -0.2) is 4.98 Å². The maximum atomic E-state index is 12.5. The summed E-state index contributed by atoms with van der Waals surface area (Å²) in [5, 5.41) is 10.4. The number of fused-ring (bicyclic) bond motifs is 1. The molecule has 1 aromatic heterocycles. The van der Waals surface area contributed by atoms with Gasteiger partial charge in [0.2, 0.25) is 0 Å². The molecule has 0 unspecified atom stereocenters. The SMILES string of the molecule is Cc1cccc2c(=O)n(CCCN3CCC[C@@H](O)C3)cnc12. The van der Waals surface area contributed by atoms with Gasteiger partial charge < -0.3 is 10.0 Å². The molecule has 118 valence electrons. The van der Waals surface area contributed by atoms with Crippen molar-refractivity contribution in [2.45, 2.75) is 38.8 Å². The maximum absolute atomic E-state index is 12.5. The monoisotopic (exact) mass is 301 g/mol. The second kappa shape index (κ2) is 6.58. The van der Waals surface area contributed by atoms with Gasteiger partial charge in [-0.1, -0.05) is 12.1 Å². The van der Waals surface area contributed by atoms with Crippen molar-refractivity contribution in [2.75, 3.05) is 19.6 Å². The quantitative estimate of drug-likeness (QED) is 0.931.